The van der Waals surface area contributed by atoms with Crippen molar-refractivity contribution in [3.63, 3.8) is 0 Å². The summed E-state index contributed by atoms with van der Waals surface area (Å²) in [6.07, 6.45) is 2.53. The van der Waals surface area contributed by atoms with E-state index in [0.717, 1.165) is 4.83 Å². The Morgan fingerprint density at radius 3 is 2.50 bits per heavy atom. The third kappa shape index (κ3) is 1.56. The van der Waals surface area contributed by atoms with Gasteiger partial charge in [-0.15, -0.1) is 0 Å². The Labute approximate surface area is 82.1 Å². The highest BCUT2D eigenvalue weighted by molar-refractivity contribution is 9.09. The highest BCUT2D eigenvalue weighted by atomic mass is 79.9. The molecule has 2 atom stereocenters. The summed E-state index contributed by atoms with van der Waals surface area (Å²) in [6.45, 7) is 2.35. The summed E-state index contributed by atoms with van der Waals surface area (Å²) in [4.78, 5) is 0.741. The molecular weight excluding hydrogens is 212 g/mol. The van der Waals surface area contributed by atoms with Gasteiger partial charge < -0.3 is 0 Å². The monoisotopic (exact) mass is 224 g/mol. The molecule has 1 heteroatoms. The molecule has 64 valence electrons. The number of rotatable bonds is 2. The molecule has 1 aliphatic rings. The molecule has 0 heterocycles. The van der Waals surface area contributed by atoms with Crippen LogP contribution in [0.3, 0.4) is 0 Å². The summed E-state index contributed by atoms with van der Waals surface area (Å²) in [5, 5.41) is 0. The molecule has 1 aliphatic carbocycles. The van der Waals surface area contributed by atoms with Crippen LogP contribution in [-0.4, -0.2) is 4.83 Å². The predicted molar refractivity (Wildman–Crippen MR) is 55.6 cm³/mol. The van der Waals surface area contributed by atoms with Gasteiger partial charge in [-0.2, -0.15) is 0 Å². The van der Waals surface area contributed by atoms with E-state index in [-0.39, 0.29) is 0 Å². The van der Waals surface area contributed by atoms with Crippen molar-refractivity contribution in [2.24, 2.45) is 5.41 Å². The van der Waals surface area contributed by atoms with Gasteiger partial charge in [-0.05, 0) is 23.8 Å². The number of hydrogen-bond acceptors (Lipinski definition) is 0. The summed E-state index contributed by atoms with van der Waals surface area (Å²) in [5.74, 6) is 0. The molecule has 0 nitrogen and oxygen atoms in total. The van der Waals surface area contributed by atoms with Crippen LogP contribution in [0.15, 0.2) is 30.3 Å². The van der Waals surface area contributed by atoms with E-state index >= 15 is 0 Å². The summed E-state index contributed by atoms with van der Waals surface area (Å²) in [6, 6.07) is 10.7. The predicted octanol–water partition coefficient (Wildman–Crippen LogP) is 3.40. The van der Waals surface area contributed by atoms with E-state index in [4.69, 9.17) is 0 Å². The fraction of sp³-hybridized carbons (Fsp3) is 0.455. The zero-order chi connectivity index (χ0) is 8.60. The molecule has 0 aliphatic heterocycles. The lowest BCUT2D eigenvalue weighted by Gasteiger charge is -2.08. The van der Waals surface area contributed by atoms with Gasteiger partial charge in [0.25, 0.3) is 0 Å². The third-order valence-corrected chi connectivity index (χ3v) is 4.12. The SMILES string of the molecule is C[C@]1(Cc2ccccc2)C[C@@H]1Br. The molecule has 1 aromatic carbocycles. The summed E-state index contributed by atoms with van der Waals surface area (Å²) in [5.41, 5.74) is 1.99. The Hall–Kier alpha value is -0.300. The Morgan fingerprint density at radius 1 is 1.42 bits per heavy atom. The Kier molecular flexibility index (Phi) is 1.99. The first-order valence-corrected chi connectivity index (χ1v) is 5.30. The number of alkyl halides is 1. The smallest absolute Gasteiger partial charge is 0.0208 e. The van der Waals surface area contributed by atoms with Crippen molar-refractivity contribution in [3.8, 4) is 0 Å². The van der Waals surface area contributed by atoms with Crippen LogP contribution in [0.4, 0.5) is 0 Å². The van der Waals surface area contributed by atoms with Crippen molar-refractivity contribution in [1.29, 1.82) is 0 Å². The second-order valence-corrected chi connectivity index (χ2v) is 5.09. The van der Waals surface area contributed by atoms with Crippen LogP contribution in [0.5, 0.6) is 0 Å². The summed E-state index contributed by atoms with van der Waals surface area (Å²) in [7, 11) is 0. The molecule has 2 rings (SSSR count). The van der Waals surface area contributed by atoms with E-state index in [0.29, 0.717) is 5.41 Å². The van der Waals surface area contributed by atoms with Gasteiger partial charge in [0.2, 0.25) is 0 Å². The van der Waals surface area contributed by atoms with Gasteiger partial charge in [-0.1, -0.05) is 53.2 Å². The molecule has 0 unspecified atom stereocenters. The van der Waals surface area contributed by atoms with Gasteiger partial charge in [0, 0.05) is 4.83 Å². The molecule has 1 saturated carbocycles. The van der Waals surface area contributed by atoms with Gasteiger partial charge in [0.1, 0.15) is 0 Å². The van der Waals surface area contributed by atoms with Crippen molar-refractivity contribution in [1.82, 2.24) is 0 Å². The van der Waals surface area contributed by atoms with E-state index in [1.807, 2.05) is 0 Å². The molecule has 1 aromatic rings. The van der Waals surface area contributed by atoms with Crippen LogP contribution >= 0.6 is 15.9 Å². The van der Waals surface area contributed by atoms with Crippen LogP contribution in [-0.2, 0) is 6.42 Å². The molecule has 0 spiro atoms. The first-order chi connectivity index (χ1) is 5.71. The largest absolute Gasteiger partial charge is 0.0884 e. The van der Waals surface area contributed by atoms with Crippen molar-refractivity contribution in [2.75, 3.05) is 0 Å². The van der Waals surface area contributed by atoms with E-state index in [9.17, 15) is 0 Å². The first kappa shape index (κ1) is 8.31. The fourth-order valence-electron chi connectivity index (χ4n) is 1.60. The molecule has 0 saturated heterocycles. The highest BCUT2D eigenvalue weighted by Gasteiger charge is 2.47. The zero-order valence-electron chi connectivity index (χ0n) is 7.26. The van der Waals surface area contributed by atoms with E-state index in [2.05, 4.69) is 53.2 Å². The van der Waals surface area contributed by atoms with Crippen LogP contribution in [0.2, 0.25) is 0 Å². The van der Waals surface area contributed by atoms with Gasteiger partial charge in [0.05, 0.1) is 0 Å². The third-order valence-electron chi connectivity index (χ3n) is 2.69. The number of halogens is 1. The van der Waals surface area contributed by atoms with E-state index in [1.165, 1.54) is 18.4 Å². The van der Waals surface area contributed by atoms with Crippen molar-refractivity contribution < 1.29 is 0 Å². The van der Waals surface area contributed by atoms with Gasteiger partial charge in [0.15, 0.2) is 0 Å². The van der Waals surface area contributed by atoms with Gasteiger partial charge in [-0.25, -0.2) is 0 Å². The zero-order valence-corrected chi connectivity index (χ0v) is 8.84. The number of hydrogen-bond donors (Lipinski definition) is 0. The van der Waals surface area contributed by atoms with Crippen molar-refractivity contribution in [2.45, 2.75) is 24.6 Å². The summed E-state index contributed by atoms with van der Waals surface area (Å²) < 4.78 is 0. The van der Waals surface area contributed by atoms with Crippen LogP contribution in [0.25, 0.3) is 0 Å². The lowest BCUT2D eigenvalue weighted by molar-refractivity contribution is 0.576. The molecular formula is C11H13Br. The molecule has 0 amide bonds. The lowest BCUT2D eigenvalue weighted by atomic mass is 9.99. The van der Waals surface area contributed by atoms with Crippen molar-refractivity contribution >= 4 is 15.9 Å². The van der Waals surface area contributed by atoms with Crippen molar-refractivity contribution in [3.05, 3.63) is 35.9 Å². The standard InChI is InChI=1S/C11H13Br/c1-11(8-10(11)12)7-9-5-3-2-4-6-9/h2-6,10H,7-8H2,1H3/t10-,11-/m0/s1. The quantitative estimate of drug-likeness (QED) is 0.676. The first-order valence-electron chi connectivity index (χ1n) is 4.39. The maximum absolute atomic E-state index is 3.66. The normalized spacial score (nSPS) is 33.3. The minimum absolute atomic E-state index is 0.529. The molecule has 12 heavy (non-hydrogen) atoms. The average Bonchev–Trinajstić information content (AvgIpc) is 2.61. The topological polar surface area (TPSA) is 0 Å². The van der Waals surface area contributed by atoms with Crippen LogP contribution in [0.1, 0.15) is 18.9 Å². The lowest BCUT2D eigenvalue weighted by Crippen LogP contribution is -2.02. The van der Waals surface area contributed by atoms with Gasteiger partial charge in [-0.3, -0.25) is 0 Å². The summed E-state index contributed by atoms with van der Waals surface area (Å²) >= 11 is 3.66. The minimum atomic E-state index is 0.529. The van der Waals surface area contributed by atoms with E-state index in [1.54, 1.807) is 0 Å². The second kappa shape index (κ2) is 2.88. The maximum atomic E-state index is 3.66. The molecule has 0 bridgehead atoms. The fourth-order valence-corrected chi connectivity index (χ4v) is 2.50. The highest BCUT2D eigenvalue weighted by Crippen LogP contribution is 2.53. The Bertz CT molecular complexity index is 268. The Morgan fingerprint density at radius 2 is 2.00 bits per heavy atom. The molecule has 1 fully saturated rings. The van der Waals surface area contributed by atoms with Crippen LogP contribution in [0, 0.1) is 5.41 Å². The maximum Gasteiger partial charge on any atom is 0.0208 e. The average molecular weight is 225 g/mol. The Balaban J connectivity index is 2.06. The number of benzene rings is 1. The van der Waals surface area contributed by atoms with E-state index < -0.39 is 0 Å². The molecule has 0 aromatic heterocycles. The van der Waals surface area contributed by atoms with Crippen LogP contribution < -0.4 is 0 Å². The molecule has 0 radical (unpaired) electrons. The minimum Gasteiger partial charge on any atom is -0.0884 e. The molecule has 0 N–H and O–H groups in total. The van der Waals surface area contributed by atoms with Gasteiger partial charge >= 0.3 is 0 Å². The second-order valence-electron chi connectivity index (χ2n) is 3.99.